The largest absolute Gasteiger partial charge is 0.394 e. The van der Waals surface area contributed by atoms with Gasteiger partial charge in [-0.25, -0.2) is 0 Å². The molecule has 0 saturated carbocycles. The number of aliphatic hydroxyl groups is 7. The van der Waals surface area contributed by atoms with Crippen LogP contribution in [0.3, 0.4) is 0 Å². The molecule has 12 nitrogen and oxygen atoms in total. The lowest BCUT2D eigenvalue weighted by atomic mass is 10.0. The van der Waals surface area contributed by atoms with E-state index in [1.165, 1.54) is 6.92 Å². The molecule has 7 N–H and O–H groups in total. The molecule has 2 fully saturated rings. The third-order valence-corrected chi connectivity index (χ3v) is 4.89. The predicted molar refractivity (Wildman–Crippen MR) is 93.4 cm³/mol. The summed E-state index contributed by atoms with van der Waals surface area (Å²) in [7, 11) is 0. The van der Waals surface area contributed by atoms with Crippen molar-refractivity contribution in [2.24, 2.45) is 0 Å². The van der Waals surface area contributed by atoms with Crippen molar-refractivity contribution in [3.63, 3.8) is 0 Å². The average molecular weight is 428 g/mol. The maximum Gasteiger partial charge on any atom is 0.187 e. The van der Waals surface area contributed by atoms with Crippen LogP contribution in [0.2, 0.25) is 0 Å². The van der Waals surface area contributed by atoms with Gasteiger partial charge in [0.05, 0.1) is 38.6 Å². The molecule has 2 saturated heterocycles. The van der Waals surface area contributed by atoms with Crippen LogP contribution in [0.15, 0.2) is 0 Å². The molecule has 2 aliphatic rings. The molecule has 0 bridgehead atoms. The van der Waals surface area contributed by atoms with Gasteiger partial charge in [-0.3, -0.25) is 0 Å². The molecule has 10 unspecified atom stereocenters. The fourth-order valence-electron chi connectivity index (χ4n) is 2.99. The third kappa shape index (κ3) is 6.26. The Morgan fingerprint density at radius 1 is 0.966 bits per heavy atom. The van der Waals surface area contributed by atoms with E-state index in [4.69, 9.17) is 28.8 Å². The highest BCUT2D eigenvalue weighted by Gasteiger charge is 2.46. The van der Waals surface area contributed by atoms with Crippen molar-refractivity contribution in [2.75, 3.05) is 26.4 Å². The van der Waals surface area contributed by atoms with E-state index >= 15 is 0 Å². The Bertz CT molecular complexity index is 481. The Balaban J connectivity index is 2.13. The zero-order valence-electron chi connectivity index (χ0n) is 16.4. The van der Waals surface area contributed by atoms with Crippen LogP contribution in [0, 0.1) is 0 Å². The molecule has 0 aromatic heterocycles. The normalized spacial score (nSPS) is 41.7. The van der Waals surface area contributed by atoms with Gasteiger partial charge in [-0.15, -0.1) is 0 Å². The van der Waals surface area contributed by atoms with Crippen molar-refractivity contribution < 1.29 is 59.4 Å². The van der Waals surface area contributed by atoms with Crippen LogP contribution in [-0.2, 0) is 23.7 Å². The van der Waals surface area contributed by atoms with Gasteiger partial charge in [0.15, 0.2) is 12.6 Å². The predicted octanol–water partition coefficient (Wildman–Crippen LogP) is -3.95. The maximum absolute atomic E-state index is 10.4. The second kappa shape index (κ2) is 11.2. The van der Waals surface area contributed by atoms with Crippen molar-refractivity contribution in [3.8, 4) is 0 Å². The van der Waals surface area contributed by atoms with E-state index in [2.05, 4.69) is 0 Å². The summed E-state index contributed by atoms with van der Waals surface area (Å²) < 4.78 is 27.2. The minimum Gasteiger partial charge on any atom is -0.394 e. The zero-order chi connectivity index (χ0) is 21.7. The summed E-state index contributed by atoms with van der Waals surface area (Å²) in [6, 6.07) is 0. The van der Waals surface area contributed by atoms with Crippen LogP contribution >= 0.6 is 0 Å². The van der Waals surface area contributed by atoms with Gasteiger partial charge in [0.1, 0.15) is 42.7 Å². The molecule has 0 aromatic rings. The average Bonchev–Trinajstić information content (AvgIpc) is 2.71. The molecule has 0 spiro atoms. The Morgan fingerprint density at radius 2 is 1.66 bits per heavy atom. The molecular formula is C17H32O12. The molecule has 11 atom stereocenters. The summed E-state index contributed by atoms with van der Waals surface area (Å²) >= 11 is 0. The number of ether oxygens (including phenoxy) is 5. The lowest BCUT2D eigenvalue weighted by Crippen LogP contribution is -2.60. The molecule has 0 aromatic carbocycles. The highest BCUT2D eigenvalue weighted by atomic mass is 16.8. The minimum absolute atomic E-state index is 0.0641. The minimum atomic E-state index is -1.53. The van der Waals surface area contributed by atoms with Gasteiger partial charge in [-0.2, -0.15) is 0 Å². The van der Waals surface area contributed by atoms with E-state index in [0.717, 1.165) is 0 Å². The van der Waals surface area contributed by atoms with Crippen molar-refractivity contribution in [1.29, 1.82) is 0 Å². The second-order valence-electron chi connectivity index (χ2n) is 7.30. The van der Waals surface area contributed by atoms with Gasteiger partial charge in [0.2, 0.25) is 0 Å². The maximum atomic E-state index is 10.4. The molecule has 0 aliphatic carbocycles. The summed E-state index contributed by atoms with van der Waals surface area (Å²) in [5, 5.41) is 68.8. The fraction of sp³-hybridized carbons (Fsp3) is 1.00. The number of aliphatic hydroxyl groups excluding tert-OH is 7. The van der Waals surface area contributed by atoms with Crippen LogP contribution in [0.5, 0.6) is 0 Å². The van der Waals surface area contributed by atoms with E-state index in [1.807, 2.05) is 0 Å². The smallest absolute Gasteiger partial charge is 0.187 e. The van der Waals surface area contributed by atoms with Crippen LogP contribution in [0.1, 0.15) is 13.8 Å². The van der Waals surface area contributed by atoms with Gasteiger partial charge in [0.25, 0.3) is 0 Å². The van der Waals surface area contributed by atoms with E-state index in [1.54, 1.807) is 6.92 Å². The van der Waals surface area contributed by atoms with Crippen molar-refractivity contribution in [1.82, 2.24) is 0 Å². The molecule has 2 aliphatic heterocycles. The Labute approximate surface area is 168 Å². The molecule has 0 radical (unpaired) electrons. The standard InChI is InChI=1S/C17H32O12/c1-7(3-18)27-16(9(20)4-19)29-15-13(23)10(21)5-26-17(15)28-11-6-25-8(2)12(22)14(11)24/h7-24H,3-6H2,1-2H3/t7?,8?,9-,10?,11?,12?,13?,14?,15?,16?,17?/m0/s1. The highest BCUT2D eigenvalue weighted by molar-refractivity contribution is 4.89. The summed E-state index contributed by atoms with van der Waals surface area (Å²) in [4.78, 5) is 0. The van der Waals surface area contributed by atoms with Gasteiger partial charge >= 0.3 is 0 Å². The molecule has 0 amide bonds. The van der Waals surface area contributed by atoms with Gasteiger partial charge < -0.3 is 59.4 Å². The van der Waals surface area contributed by atoms with Crippen molar-refractivity contribution in [2.45, 2.75) is 81.4 Å². The fourth-order valence-corrected chi connectivity index (χ4v) is 2.99. The molecule has 29 heavy (non-hydrogen) atoms. The summed E-state index contributed by atoms with van der Waals surface area (Å²) in [5.41, 5.74) is 0. The highest BCUT2D eigenvalue weighted by Crippen LogP contribution is 2.27. The van der Waals surface area contributed by atoms with Crippen molar-refractivity contribution in [3.05, 3.63) is 0 Å². The number of rotatable bonds is 9. The molecule has 12 heteroatoms. The second-order valence-corrected chi connectivity index (χ2v) is 7.30. The molecule has 2 heterocycles. The van der Waals surface area contributed by atoms with Gasteiger partial charge in [-0.1, -0.05) is 0 Å². The topological polar surface area (TPSA) is 188 Å². The molecule has 172 valence electrons. The first-order valence-electron chi connectivity index (χ1n) is 9.51. The van der Waals surface area contributed by atoms with Crippen molar-refractivity contribution >= 4 is 0 Å². The Morgan fingerprint density at radius 3 is 2.28 bits per heavy atom. The van der Waals surface area contributed by atoms with E-state index in [-0.39, 0.29) is 13.2 Å². The lowest BCUT2D eigenvalue weighted by molar-refractivity contribution is -0.348. The summed E-state index contributed by atoms with van der Waals surface area (Å²) in [6.07, 6.45) is -13.5. The first-order valence-corrected chi connectivity index (χ1v) is 9.51. The Kier molecular flexibility index (Phi) is 9.60. The van der Waals surface area contributed by atoms with Crippen LogP contribution in [0.25, 0.3) is 0 Å². The van der Waals surface area contributed by atoms with E-state index < -0.39 is 80.7 Å². The van der Waals surface area contributed by atoms with Crippen LogP contribution in [0.4, 0.5) is 0 Å². The summed E-state index contributed by atoms with van der Waals surface area (Å²) in [6.45, 7) is 1.59. The molecular weight excluding hydrogens is 396 g/mol. The number of hydrogen-bond donors (Lipinski definition) is 7. The van der Waals surface area contributed by atoms with Crippen LogP contribution < -0.4 is 0 Å². The first-order chi connectivity index (χ1) is 13.7. The van der Waals surface area contributed by atoms with E-state index in [9.17, 15) is 30.6 Å². The number of hydrogen-bond acceptors (Lipinski definition) is 12. The monoisotopic (exact) mass is 428 g/mol. The van der Waals surface area contributed by atoms with E-state index in [0.29, 0.717) is 0 Å². The SMILES string of the molecule is CC(CO)OC(OC1C(OC2COC(C)C(O)C2O)OCC(O)C1O)[C@@H](O)CO. The third-order valence-electron chi connectivity index (χ3n) is 4.89. The van der Waals surface area contributed by atoms with Gasteiger partial charge in [0, 0.05) is 0 Å². The van der Waals surface area contributed by atoms with Crippen LogP contribution in [-0.4, -0.2) is 130 Å². The molecule has 2 rings (SSSR count). The quantitative estimate of drug-likeness (QED) is 0.177. The summed E-state index contributed by atoms with van der Waals surface area (Å²) in [5.74, 6) is 0. The zero-order valence-corrected chi connectivity index (χ0v) is 16.4. The first kappa shape index (κ1) is 24.8. The Hall–Kier alpha value is -0.480. The lowest BCUT2D eigenvalue weighted by Gasteiger charge is -2.43. The van der Waals surface area contributed by atoms with Gasteiger partial charge in [-0.05, 0) is 13.8 Å².